The standard InChI is InChI=1S/C12H10O4/c1-2-5-15-10-6-8(13)7-11-9(10)3-4-12(14)16-11/h2-4,6-7,13H,1,5H2. The molecule has 1 heterocycles. The molecule has 16 heavy (non-hydrogen) atoms. The number of benzene rings is 1. The highest BCUT2D eigenvalue weighted by Gasteiger charge is 2.06. The minimum Gasteiger partial charge on any atom is -0.508 e. The van der Waals surface area contributed by atoms with Crippen LogP contribution in [0.5, 0.6) is 11.5 Å². The maximum Gasteiger partial charge on any atom is 0.336 e. The van der Waals surface area contributed by atoms with Crippen LogP contribution >= 0.6 is 0 Å². The summed E-state index contributed by atoms with van der Waals surface area (Å²) in [6, 6.07) is 5.74. The van der Waals surface area contributed by atoms with Crippen LogP contribution < -0.4 is 10.4 Å². The van der Waals surface area contributed by atoms with Gasteiger partial charge in [0.1, 0.15) is 23.7 Å². The zero-order chi connectivity index (χ0) is 11.5. The highest BCUT2D eigenvalue weighted by molar-refractivity contribution is 5.84. The second kappa shape index (κ2) is 4.10. The SMILES string of the molecule is C=CCOc1cc(O)cc2oc(=O)ccc12. The first-order valence-electron chi connectivity index (χ1n) is 4.71. The predicted molar refractivity (Wildman–Crippen MR) is 59.8 cm³/mol. The summed E-state index contributed by atoms with van der Waals surface area (Å²) in [5, 5.41) is 10.1. The van der Waals surface area contributed by atoms with Gasteiger partial charge in [-0.3, -0.25) is 0 Å². The number of aromatic hydroxyl groups is 1. The van der Waals surface area contributed by atoms with Crippen molar-refractivity contribution < 1.29 is 14.3 Å². The van der Waals surface area contributed by atoms with Crippen LogP contribution in [0.3, 0.4) is 0 Å². The highest BCUT2D eigenvalue weighted by atomic mass is 16.5. The molecule has 4 nitrogen and oxygen atoms in total. The molecule has 0 fully saturated rings. The van der Waals surface area contributed by atoms with Crippen molar-refractivity contribution >= 4 is 11.0 Å². The lowest BCUT2D eigenvalue weighted by atomic mass is 10.2. The maximum absolute atomic E-state index is 11.0. The molecule has 0 aliphatic heterocycles. The molecule has 0 atom stereocenters. The van der Waals surface area contributed by atoms with E-state index in [4.69, 9.17) is 9.15 Å². The van der Waals surface area contributed by atoms with Gasteiger partial charge in [0.2, 0.25) is 0 Å². The Balaban J connectivity index is 2.62. The van der Waals surface area contributed by atoms with E-state index in [1.807, 2.05) is 0 Å². The molecular formula is C12H10O4. The van der Waals surface area contributed by atoms with E-state index in [0.717, 1.165) is 0 Å². The summed E-state index contributed by atoms with van der Waals surface area (Å²) in [7, 11) is 0. The summed E-state index contributed by atoms with van der Waals surface area (Å²) in [5.74, 6) is 0.444. The summed E-state index contributed by atoms with van der Waals surface area (Å²) in [6.07, 6.45) is 1.59. The lowest BCUT2D eigenvalue weighted by molar-refractivity contribution is 0.363. The first-order chi connectivity index (χ1) is 7.70. The van der Waals surface area contributed by atoms with Crippen molar-refractivity contribution in [1.29, 1.82) is 0 Å². The number of hydrogen-bond donors (Lipinski definition) is 1. The van der Waals surface area contributed by atoms with Crippen molar-refractivity contribution in [3.63, 3.8) is 0 Å². The molecule has 0 spiro atoms. The van der Waals surface area contributed by atoms with Crippen molar-refractivity contribution in [3.05, 3.63) is 47.3 Å². The van der Waals surface area contributed by atoms with E-state index in [-0.39, 0.29) is 5.75 Å². The predicted octanol–water partition coefficient (Wildman–Crippen LogP) is 2.06. The molecule has 0 bridgehead atoms. The minimum absolute atomic E-state index is 0.0130. The quantitative estimate of drug-likeness (QED) is 0.632. The van der Waals surface area contributed by atoms with Gasteiger partial charge in [-0.2, -0.15) is 0 Å². The Bertz CT molecular complexity index is 583. The van der Waals surface area contributed by atoms with E-state index in [1.54, 1.807) is 12.1 Å². The number of phenols is 1. The van der Waals surface area contributed by atoms with Crippen molar-refractivity contribution in [2.24, 2.45) is 0 Å². The molecule has 1 N–H and O–H groups in total. The Hall–Kier alpha value is -2.23. The number of hydrogen-bond acceptors (Lipinski definition) is 4. The van der Waals surface area contributed by atoms with Crippen molar-refractivity contribution in [2.45, 2.75) is 0 Å². The topological polar surface area (TPSA) is 59.7 Å². The summed E-state index contributed by atoms with van der Waals surface area (Å²) in [4.78, 5) is 11.0. The largest absolute Gasteiger partial charge is 0.508 e. The smallest absolute Gasteiger partial charge is 0.336 e. The van der Waals surface area contributed by atoms with E-state index in [9.17, 15) is 9.90 Å². The third-order valence-corrected chi connectivity index (χ3v) is 2.04. The van der Waals surface area contributed by atoms with Crippen LogP contribution in [0, 0.1) is 0 Å². The third kappa shape index (κ3) is 1.91. The third-order valence-electron chi connectivity index (χ3n) is 2.04. The first-order valence-corrected chi connectivity index (χ1v) is 4.71. The van der Waals surface area contributed by atoms with Gasteiger partial charge >= 0.3 is 5.63 Å². The van der Waals surface area contributed by atoms with E-state index in [2.05, 4.69) is 6.58 Å². The van der Waals surface area contributed by atoms with Crippen LogP contribution in [-0.2, 0) is 0 Å². The lowest BCUT2D eigenvalue weighted by Gasteiger charge is -2.06. The normalized spacial score (nSPS) is 10.2. The molecular weight excluding hydrogens is 208 g/mol. The van der Waals surface area contributed by atoms with Gasteiger partial charge in [0, 0.05) is 18.2 Å². The second-order valence-corrected chi connectivity index (χ2v) is 3.21. The van der Waals surface area contributed by atoms with Gasteiger partial charge in [-0.1, -0.05) is 12.7 Å². The number of fused-ring (bicyclic) bond motifs is 1. The van der Waals surface area contributed by atoms with Crippen molar-refractivity contribution in [2.75, 3.05) is 6.61 Å². The van der Waals surface area contributed by atoms with Crippen LogP contribution in [0.1, 0.15) is 0 Å². The van der Waals surface area contributed by atoms with Gasteiger partial charge in [0.05, 0.1) is 5.39 Å². The number of phenolic OH excluding ortho intramolecular Hbond substituents is 1. The van der Waals surface area contributed by atoms with Crippen molar-refractivity contribution in [3.8, 4) is 11.5 Å². The molecule has 1 aromatic carbocycles. The van der Waals surface area contributed by atoms with Gasteiger partial charge in [-0.05, 0) is 6.07 Å². The summed E-state index contributed by atoms with van der Waals surface area (Å²) >= 11 is 0. The average Bonchev–Trinajstić information content (AvgIpc) is 2.25. The number of rotatable bonds is 3. The Labute approximate surface area is 91.4 Å². The molecule has 2 rings (SSSR count). The van der Waals surface area contributed by atoms with Crippen LogP contribution in [0.25, 0.3) is 11.0 Å². The molecule has 0 amide bonds. The molecule has 0 saturated heterocycles. The van der Waals surface area contributed by atoms with E-state index < -0.39 is 5.63 Å². The molecule has 4 heteroatoms. The second-order valence-electron chi connectivity index (χ2n) is 3.21. The monoisotopic (exact) mass is 218 g/mol. The molecule has 1 aromatic heterocycles. The van der Waals surface area contributed by atoms with Crippen LogP contribution in [0.4, 0.5) is 0 Å². The summed E-state index contributed by atoms with van der Waals surface area (Å²) in [6.45, 7) is 3.85. The Kier molecular flexibility index (Phi) is 2.64. The summed E-state index contributed by atoms with van der Waals surface area (Å²) in [5.41, 5.74) is -0.167. The molecule has 0 aliphatic rings. The Morgan fingerprint density at radius 2 is 2.25 bits per heavy atom. The summed E-state index contributed by atoms with van der Waals surface area (Å²) < 4.78 is 10.3. The van der Waals surface area contributed by atoms with Crippen molar-refractivity contribution in [1.82, 2.24) is 0 Å². The molecule has 0 radical (unpaired) electrons. The van der Waals surface area contributed by atoms with Crippen LogP contribution in [-0.4, -0.2) is 11.7 Å². The zero-order valence-electron chi connectivity index (χ0n) is 8.47. The molecule has 0 aliphatic carbocycles. The van der Waals surface area contributed by atoms with Gasteiger partial charge in [0.15, 0.2) is 0 Å². The van der Waals surface area contributed by atoms with E-state index in [0.29, 0.717) is 23.3 Å². The molecule has 2 aromatic rings. The fraction of sp³-hybridized carbons (Fsp3) is 0.0833. The minimum atomic E-state index is -0.465. The molecule has 0 saturated carbocycles. The Morgan fingerprint density at radius 3 is 3.00 bits per heavy atom. The van der Waals surface area contributed by atoms with Gasteiger partial charge in [-0.15, -0.1) is 0 Å². The van der Waals surface area contributed by atoms with Gasteiger partial charge < -0.3 is 14.3 Å². The lowest BCUT2D eigenvalue weighted by Crippen LogP contribution is -1.97. The molecule has 82 valence electrons. The van der Waals surface area contributed by atoms with Crippen LogP contribution in [0.2, 0.25) is 0 Å². The van der Waals surface area contributed by atoms with Gasteiger partial charge in [0.25, 0.3) is 0 Å². The Morgan fingerprint density at radius 1 is 1.44 bits per heavy atom. The fourth-order valence-corrected chi connectivity index (χ4v) is 1.40. The average molecular weight is 218 g/mol. The van der Waals surface area contributed by atoms with E-state index in [1.165, 1.54) is 18.2 Å². The van der Waals surface area contributed by atoms with E-state index >= 15 is 0 Å². The first kappa shape index (κ1) is 10.3. The molecule has 0 unspecified atom stereocenters. The number of ether oxygens (including phenoxy) is 1. The zero-order valence-corrected chi connectivity index (χ0v) is 8.47. The van der Waals surface area contributed by atoms with Gasteiger partial charge in [-0.25, -0.2) is 4.79 Å². The maximum atomic E-state index is 11.0. The van der Waals surface area contributed by atoms with Crippen LogP contribution in [0.15, 0.2) is 46.1 Å². The highest BCUT2D eigenvalue weighted by Crippen LogP contribution is 2.29. The fourth-order valence-electron chi connectivity index (χ4n) is 1.40.